The van der Waals surface area contributed by atoms with Gasteiger partial charge in [0.1, 0.15) is 0 Å². The summed E-state index contributed by atoms with van der Waals surface area (Å²) in [6.07, 6.45) is 5.23. The number of nitrogens with one attached hydrogen (secondary N) is 1. The molecular weight excluding hydrogens is 344 g/mol. The Morgan fingerprint density at radius 3 is 2.75 bits per heavy atom. The zero-order valence-corrected chi connectivity index (χ0v) is 14.3. The molecule has 24 heavy (non-hydrogen) atoms. The Kier molecular flexibility index (Phi) is 5.17. The van der Waals surface area contributed by atoms with Gasteiger partial charge in [0.05, 0.1) is 23.8 Å². The molecule has 0 bridgehead atoms. The van der Waals surface area contributed by atoms with Crippen LogP contribution in [0.25, 0.3) is 5.69 Å². The van der Waals surface area contributed by atoms with Gasteiger partial charge in [0.25, 0.3) is 0 Å². The van der Waals surface area contributed by atoms with Gasteiger partial charge in [-0.05, 0) is 17.7 Å². The van der Waals surface area contributed by atoms with Crippen LogP contribution in [0.4, 0.5) is 5.69 Å². The van der Waals surface area contributed by atoms with E-state index in [0.29, 0.717) is 5.69 Å². The first kappa shape index (κ1) is 16.5. The number of carbonyl (C=O) groups excluding carboxylic acids is 1. The first-order valence-electron chi connectivity index (χ1n) is 7.32. The normalized spacial score (nSPS) is 11.9. The van der Waals surface area contributed by atoms with Crippen molar-refractivity contribution in [2.45, 2.75) is 11.7 Å². The second kappa shape index (κ2) is 7.51. The number of hydrogen-bond acceptors (Lipinski definition) is 4. The fraction of sp³-hybridized carbons (Fsp3) is 0.118. The number of aromatic nitrogens is 3. The summed E-state index contributed by atoms with van der Waals surface area (Å²) >= 11 is 10.6. The van der Waals surface area contributed by atoms with Gasteiger partial charge in [-0.3, -0.25) is 9.78 Å². The largest absolute Gasteiger partial charge is 0.322 e. The molecular formula is C17H15ClN4OS. The van der Waals surface area contributed by atoms with Crippen LogP contribution in [-0.2, 0) is 4.79 Å². The van der Waals surface area contributed by atoms with E-state index in [4.69, 9.17) is 11.6 Å². The number of hydrogen-bond donors (Lipinski definition) is 2. The third kappa shape index (κ3) is 3.96. The maximum absolute atomic E-state index is 12.2. The number of nitrogens with zero attached hydrogens (tertiary/aromatic N) is 3. The fourth-order valence-corrected chi connectivity index (χ4v) is 2.74. The van der Waals surface area contributed by atoms with E-state index in [1.54, 1.807) is 29.3 Å². The third-order valence-electron chi connectivity index (χ3n) is 3.42. The van der Waals surface area contributed by atoms with Crippen molar-refractivity contribution >= 4 is 35.8 Å². The average molecular weight is 359 g/mol. The lowest BCUT2D eigenvalue weighted by atomic mass is 10.1. The van der Waals surface area contributed by atoms with Crippen LogP contribution in [0.3, 0.4) is 0 Å². The van der Waals surface area contributed by atoms with Crippen LogP contribution in [0, 0.1) is 0 Å². The maximum atomic E-state index is 12.2. The first-order chi connectivity index (χ1) is 11.6. The van der Waals surface area contributed by atoms with E-state index in [2.05, 4.69) is 28.0 Å². The van der Waals surface area contributed by atoms with E-state index < -0.39 is 0 Å². The second-order valence-corrected chi connectivity index (χ2v) is 6.15. The molecule has 0 saturated heterocycles. The van der Waals surface area contributed by atoms with Crippen LogP contribution in [0.5, 0.6) is 0 Å². The summed E-state index contributed by atoms with van der Waals surface area (Å²) in [5.41, 5.74) is 2.21. The molecule has 0 saturated carbocycles. The van der Waals surface area contributed by atoms with E-state index in [9.17, 15) is 4.79 Å². The molecule has 0 aliphatic heterocycles. The average Bonchev–Trinajstić information content (AvgIpc) is 2.97. The van der Waals surface area contributed by atoms with Crippen LogP contribution in [0.15, 0.2) is 61.1 Å². The Morgan fingerprint density at radius 2 is 2.04 bits per heavy atom. The summed E-state index contributed by atoms with van der Waals surface area (Å²) in [5, 5.41) is 7.00. The van der Waals surface area contributed by atoms with Crippen molar-refractivity contribution in [1.29, 1.82) is 0 Å². The van der Waals surface area contributed by atoms with E-state index >= 15 is 0 Å². The number of thiol groups is 1. The van der Waals surface area contributed by atoms with Crippen molar-refractivity contribution in [2.75, 3.05) is 5.32 Å². The minimum atomic E-state index is -0.182. The van der Waals surface area contributed by atoms with E-state index in [0.717, 1.165) is 11.3 Å². The van der Waals surface area contributed by atoms with Gasteiger partial charge < -0.3 is 5.32 Å². The van der Waals surface area contributed by atoms with Gasteiger partial charge in [0.2, 0.25) is 5.91 Å². The summed E-state index contributed by atoms with van der Waals surface area (Å²) in [4.78, 5) is 16.3. The Hall–Kier alpha value is -2.31. The zero-order chi connectivity index (χ0) is 16.9. The molecule has 0 radical (unpaired) electrons. The minimum Gasteiger partial charge on any atom is -0.322 e. The Balaban J connectivity index is 1.68. The van der Waals surface area contributed by atoms with Crippen LogP contribution in [0.1, 0.15) is 17.2 Å². The van der Waals surface area contributed by atoms with Crippen molar-refractivity contribution in [3.63, 3.8) is 0 Å². The Bertz CT molecular complexity index is 823. The quantitative estimate of drug-likeness (QED) is 0.679. The number of pyridine rings is 1. The monoisotopic (exact) mass is 358 g/mol. The molecule has 3 rings (SSSR count). The maximum Gasteiger partial charge on any atom is 0.225 e. The number of benzene rings is 1. The lowest BCUT2D eigenvalue weighted by Crippen LogP contribution is -2.13. The highest BCUT2D eigenvalue weighted by atomic mass is 35.5. The van der Waals surface area contributed by atoms with Crippen molar-refractivity contribution in [2.24, 2.45) is 0 Å². The SMILES string of the molecule is O=C(CC(S)c1ccccc1)Nc1cn(-c2cccnc2)nc1Cl. The molecule has 1 atom stereocenters. The van der Waals surface area contributed by atoms with Gasteiger partial charge in [-0.2, -0.15) is 17.7 Å². The number of anilines is 1. The summed E-state index contributed by atoms with van der Waals surface area (Å²) in [5.74, 6) is -0.175. The molecule has 7 heteroatoms. The van der Waals surface area contributed by atoms with Crippen LogP contribution in [-0.4, -0.2) is 20.7 Å². The van der Waals surface area contributed by atoms with Gasteiger partial charge >= 0.3 is 0 Å². The topological polar surface area (TPSA) is 59.8 Å². The summed E-state index contributed by atoms with van der Waals surface area (Å²) in [7, 11) is 0. The highest BCUT2D eigenvalue weighted by molar-refractivity contribution is 7.80. The van der Waals surface area contributed by atoms with Crippen molar-refractivity contribution in [3.8, 4) is 5.69 Å². The molecule has 1 amide bonds. The summed E-state index contributed by atoms with van der Waals surface area (Å²) in [6.45, 7) is 0. The minimum absolute atomic E-state index is 0.175. The van der Waals surface area contributed by atoms with E-state index in [1.165, 1.54) is 0 Å². The Labute approximate surface area is 150 Å². The van der Waals surface area contributed by atoms with Crippen LogP contribution < -0.4 is 5.32 Å². The molecule has 2 heterocycles. The van der Waals surface area contributed by atoms with Gasteiger partial charge in [-0.25, -0.2) is 4.68 Å². The highest BCUT2D eigenvalue weighted by Gasteiger charge is 2.15. The molecule has 2 aromatic heterocycles. The highest BCUT2D eigenvalue weighted by Crippen LogP contribution is 2.26. The van der Waals surface area contributed by atoms with Crippen LogP contribution in [0.2, 0.25) is 5.15 Å². The lowest BCUT2D eigenvalue weighted by molar-refractivity contribution is -0.116. The third-order valence-corrected chi connectivity index (χ3v) is 4.18. The fourth-order valence-electron chi connectivity index (χ4n) is 2.23. The molecule has 122 valence electrons. The molecule has 0 aliphatic rings. The van der Waals surface area contributed by atoms with Crippen molar-refractivity contribution in [3.05, 3.63) is 71.8 Å². The zero-order valence-electron chi connectivity index (χ0n) is 12.6. The molecule has 0 fully saturated rings. The van der Waals surface area contributed by atoms with Gasteiger partial charge in [0, 0.05) is 17.9 Å². The summed E-state index contributed by atoms with van der Waals surface area (Å²) in [6, 6.07) is 13.3. The van der Waals surface area contributed by atoms with Gasteiger partial charge in [-0.15, -0.1) is 0 Å². The first-order valence-corrected chi connectivity index (χ1v) is 8.21. The number of rotatable bonds is 5. The van der Waals surface area contributed by atoms with Gasteiger partial charge in [0.15, 0.2) is 5.15 Å². The molecule has 0 aliphatic carbocycles. The van der Waals surface area contributed by atoms with E-state index in [1.807, 2.05) is 36.4 Å². The predicted molar refractivity (Wildman–Crippen MR) is 97.8 cm³/mol. The van der Waals surface area contributed by atoms with Crippen molar-refractivity contribution in [1.82, 2.24) is 14.8 Å². The van der Waals surface area contributed by atoms with E-state index in [-0.39, 0.29) is 22.7 Å². The molecule has 3 aromatic rings. The molecule has 1 aromatic carbocycles. The Morgan fingerprint density at radius 1 is 1.25 bits per heavy atom. The molecule has 0 spiro atoms. The summed E-state index contributed by atoms with van der Waals surface area (Å²) < 4.78 is 1.57. The standard InChI is InChI=1S/C17H15ClN4OS/c18-17-14(11-22(21-17)13-7-4-8-19-10-13)20-16(23)9-15(24)12-5-2-1-3-6-12/h1-8,10-11,15,24H,9H2,(H,20,23). The number of carbonyl (C=O) groups is 1. The van der Waals surface area contributed by atoms with Crippen LogP contribution >= 0.6 is 24.2 Å². The number of amides is 1. The van der Waals surface area contributed by atoms with Gasteiger partial charge in [-0.1, -0.05) is 41.9 Å². The number of halogens is 1. The van der Waals surface area contributed by atoms with Crippen molar-refractivity contribution < 1.29 is 4.79 Å². The second-order valence-electron chi connectivity index (χ2n) is 5.17. The smallest absolute Gasteiger partial charge is 0.225 e. The lowest BCUT2D eigenvalue weighted by Gasteiger charge is -2.10. The molecule has 5 nitrogen and oxygen atoms in total. The predicted octanol–water partition coefficient (Wildman–Crippen LogP) is 3.92. The molecule has 1 N–H and O–H groups in total. The molecule has 1 unspecified atom stereocenters.